The molecule has 0 saturated carbocycles. The molecule has 0 unspecified atom stereocenters. The van der Waals surface area contributed by atoms with Gasteiger partial charge in [0.15, 0.2) is 0 Å². The molecule has 1 aromatic heterocycles. The molecule has 4 heteroatoms. The fourth-order valence-corrected chi connectivity index (χ4v) is 3.98. The molecule has 2 heterocycles. The van der Waals surface area contributed by atoms with Gasteiger partial charge in [0.1, 0.15) is 11.3 Å². The van der Waals surface area contributed by atoms with Gasteiger partial charge in [0.25, 0.3) is 0 Å². The Bertz CT molecular complexity index is 868. The van der Waals surface area contributed by atoms with E-state index in [0.29, 0.717) is 11.4 Å². The first-order valence-electron chi connectivity index (χ1n) is 8.72. The van der Waals surface area contributed by atoms with Crippen molar-refractivity contribution >= 4 is 16.6 Å². The lowest BCUT2D eigenvalue weighted by molar-refractivity contribution is 0.190. The Labute approximate surface area is 146 Å². The average molecular weight is 336 g/mol. The minimum absolute atomic E-state index is 0.146. The molecule has 1 fully saturated rings. The lowest BCUT2D eigenvalue weighted by Gasteiger charge is -2.39. The summed E-state index contributed by atoms with van der Waals surface area (Å²) in [6, 6.07) is 17.4. The van der Waals surface area contributed by atoms with Crippen molar-refractivity contribution in [3.05, 3.63) is 72.2 Å². The maximum atomic E-state index is 14.0. The number of aliphatic hydroxyl groups is 1. The molecule has 3 nitrogen and oxygen atoms in total. The number of hydrogen-bond donors (Lipinski definition) is 1. The minimum Gasteiger partial charge on any atom is -0.396 e. The van der Waals surface area contributed by atoms with E-state index in [1.165, 1.54) is 11.6 Å². The van der Waals surface area contributed by atoms with Crippen LogP contribution in [0.3, 0.4) is 0 Å². The Morgan fingerprint density at radius 1 is 1.08 bits per heavy atom. The Kier molecular flexibility index (Phi) is 4.36. The van der Waals surface area contributed by atoms with Gasteiger partial charge >= 0.3 is 0 Å². The molecule has 1 aliphatic rings. The predicted octanol–water partition coefficient (Wildman–Crippen LogP) is 3.98. The number of hydrogen-bond acceptors (Lipinski definition) is 3. The molecule has 1 aliphatic heterocycles. The second kappa shape index (κ2) is 6.81. The van der Waals surface area contributed by atoms with E-state index in [4.69, 9.17) is 0 Å². The van der Waals surface area contributed by atoms with Gasteiger partial charge in [0.05, 0.1) is 0 Å². The van der Waals surface area contributed by atoms with Crippen LogP contribution in [-0.2, 0) is 0 Å². The van der Waals surface area contributed by atoms with Crippen molar-refractivity contribution in [2.75, 3.05) is 24.6 Å². The average Bonchev–Trinajstić information content (AvgIpc) is 2.68. The monoisotopic (exact) mass is 336 g/mol. The zero-order valence-electron chi connectivity index (χ0n) is 14.0. The number of nitrogens with zero attached hydrogens (tertiary/aromatic N) is 2. The number of aromatic nitrogens is 1. The second-order valence-electron chi connectivity index (χ2n) is 6.66. The van der Waals surface area contributed by atoms with E-state index in [1.54, 1.807) is 12.3 Å². The Morgan fingerprint density at radius 2 is 1.92 bits per heavy atom. The first-order valence-corrected chi connectivity index (χ1v) is 8.72. The maximum absolute atomic E-state index is 14.0. The van der Waals surface area contributed by atoms with Crippen LogP contribution in [-0.4, -0.2) is 29.8 Å². The smallest absolute Gasteiger partial charge is 0.149 e. The van der Waals surface area contributed by atoms with Crippen molar-refractivity contribution in [1.29, 1.82) is 0 Å². The number of piperidine rings is 1. The molecule has 25 heavy (non-hydrogen) atoms. The lowest BCUT2D eigenvalue weighted by atomic mass is 9.80. The second-order valence-corrected chi connectivity index (χ2v) is 6.66. The van der Waals surface area contributed by atoms with Gasteiger partial charge in [-0.15, -0.1) is 0 Å². The summed E-state index contributed by atoms with van der Waals surface area (Å²) in [5.41, 5.74) is 2.69. The van der Waals surface area contributed by atoms with Gasteiger partial charge in [-0.1, -0.05) is 42.5 Å². The Hall–Kier alpha value is -2.46. The van der Waals surface area contributed by atoms with Crippen molar-refractivity contribution in [2.45, 2.75) is 12.3 Å². The molecule has 128 valence electrons. The zero-order chi connectivity index (χ0) is 17.2. The van der Waals surface area contributed by atoms with E-state index in [9.17, 15) is 9.50 Å². The highest BCUT2D eigenvalue weighted by Gasteiger charge is 2.30. The topological polar surface area (TPSA) is 36.4 Å². The summed E-state index contributed by atoms with van der Waals surface area (Å²) in [6.45, 7) is 1.78. The van der Waals surface area contributed by atoms with E-state index in [-0.39, 0.29) is 18.3 Å². The molecule has 4 rings (SSSR count). The summed E-state index contributed by atoms with van der Waals surface area (Å²) < 4.78 is 14.0. The molecule has 0 spiro atoms. The highest BCUT2D eigenvalue weighted by Crippen LogP contribution is 2.36. The summed E-state index contributed by atoms with van der Waals surface area (Å²) >= 11 is 0. The number of para-hydroxylation sites is 1. The maximum Gasteiger partial charge on any atom is 0.149 e. The number of anilines is 1. The molecule has 1 N–H and O–H groups in total. The zero-order valence-corrected chi connectivity index (χ0v) is 14.0. The number of aliphatic hydroxyl groups excluding tert-OH is 1. The van der Waals surface area contributed by atoms with Crippen LogP contribution in [0.2, 0.25) is 0 Å². The standard InChI is InChI=1S/C21H21FN2O/c22-19-8-4-7-18-20(9-11-23-21(18)19)24-12-10-17(16(13-24)14-25)15-5-2-1-3-6-15/h1-9,11,16-17,25H,10,12-14H2/t16-,17+/m1/s1. The van der Waals surface area contributed by atoms with Crippen molar-refractivity contribution < 1.29 is 9.50 Å². The van der Waals surface area contributed by atoms with Crippen molar-refractivity contribution in [1.82, 2.24) is 4.98 Å². The third-order valence-electron chi connectivity index (χ3n) is 5.24. The van der Waals surface area contributed by atoms with Gasteiger partial charge < -0.3 is 10.0 Å². The molecule has 2 atom stereocenters. The molecule has 0 bridgehead atoms. The van der Waals surface area contributed by atoms with Gasteiger partial charge in [-0.25, -0.2) is 4.39 Å². The molecule has 0 amide bonds. The minimum atomic E-state index is -0.294. The number of benzene rings is 2. The molecule has 2 aromatic carbocycles. The van der Waals surface area contributed by atoms with Crippen LogP contribution in [0.15, 0.2) is 60.8 Å². The lowest BCUT2D eigenvalue weighted by Crippen LogP contribution is -2.41. The predicted molar refractivity (Wildman–Crippen MR) is 98.3 cm³/mol. The largest absolute Gasteiger partial charge is 0.396 e. The first kappa shape index (κ1) is 16.0. The molecular formula is C21H21FN2O. The molecular weight excluding hydrogens is 315 g/mol. The summed E-state index contributed by atoms with van der Waals surface area (Å²) in [5, 5.41) is 10.8. The van der Waals surface area contributed by atoms with Gasteiger partial charge in [0.2, 0.25) is 0 Å². The van der Waals surface area contributed by atoms with Crippen molar-refractivity contribution in [2.24, 2.45) is 5.92 Å². The van der Waals surface area contributed by atoms with E-state index < -0.39 is 0 Å². The number of halogens is 1. The third kappa shape index (κ3) is 2.98. The van der Waals surface area contributed by atoms with E-state index >= 15 is 0 Å². The molecule has 3 aromatic rings. The van der Waals surface area contributed by atoms with Crippen molar-refractivity contribution in [3.63, 3.8) is 0 Å². The van der Waals surface area contributed by atoms with Crippen LogP contribution in [0.5, 0.6) is 0 Å². The van der Waals surface area contributed by atoms with Crippen molar-refractivity contribution in [3.8, 4) is 0 Å². The quantitative estimate of drug-likeness (QED) is 0.786. The van der Waals surface area contributed by atoms with E-state index in [2.05, 4.69) is 34.1 Å². The fraction of sp³-hybridized carbons (Fsp3) is 0.286. The van der Waals surface area contributed by atoms with Gasteiger partial charge in [0, 0.05) is 42.9 Å². The van der Waals surface area contributed by atoms with Gasteiger partial charge in [-0.05, 0) is 30.0 Å². The van der Waals surface area contributed by atoms with Crippen LogP contribution >= 0.6 is 0 Å². The SMILES string of the molecule is OC[C@H]1CN(c2ccnc3c(F)cccc23)CC[C@H]1c1ccccc1. The number of rotatable bonds is 3. The highest BCUT2D eigenvalue weighted by atomic mass is 19.1. The number of fused-ring (bicyclic) bond motifs is 1. The summed E-state index contributed by atoms with van der Waals surface area (Å²) in [4.78, 5) is 6.44. The van der Waals surface area contributed by atoms with Crippen LogP contribution in [0.4, 0.5) is 10.1 Å². The molecule has 0 radical (unpaired) electrons. The third-order valence-corrected chi connectivity index (χ3v) is 5.24. The normalized spacial score (nSPS) is 20.8. The van der Waals surface area contributed by atoms with E-state index in [0.717, 1.165) is 30.6 Å². The Balaban J connectivity index is 1.65. The highest BCUT2D eigenvalue weighted by molar-refractivity contribution is 5.91. The number of pyridine rings is 1. The van der Waals surface area contributed by atoms with Crippen LogP contribution in [0.1, 0.15) is 17.9 Å². The van der Waals surface area contributed by atoms with Crippen LogP contribution < -0.4 is 4.90 Å². The van der Waals surface area contributed by atoms with Crippen LogP contribution in [0.25, 0.3) is 10.9 Å². The van der Waals surface area contributed by atoms with E-state index in [1.807, 2.05) is 18.2 Å². The fourth-order valence-electron chi connectivity index (χ4n) is 3.98. The van der Waals surface area contributed by atoms with Gasteiger partial charge in [-0.2, -0.15) is 0 Å². The van der Waals surface area contributed by atoms with Gasteiger partial charge in [-0.3, -0.25) is 4.98 Å². The summed E-state index contributed by atoms with van der Waals surface area (Å²) in [6.07, 6.45) is 2.63. The Morgan fingerprint density at radius 3 is 2.72 bits per heavy atom. The van der Waals surface area contributed by atoms with Crippen LogP contribution in [0, 0.1) is 11.7 Å². The summed E-state index contributed by atoms with van der Waals surface area (Å²) in [5.74, 6) is 0.220. The summed E-state index contributed by atoms with van der Waals surface area (Å²) in [7, 11) is 0. The molecule has 0 aliphatic carbocycles. The first-order chi connectivity index (χ1) is 12.3. The molecule has 1 saturated heterocycles.